The Labute approximate surface area is 201 Å². The zero-order valence-electron chi connectivity index (χ0n) is 20.1. The Morgan fingerprint density at radius 3 is 2.54 bits per heavy atom. The molecule has 0 fully saturated rings. The average molecular weight is 471 g/mol. The average Bonchev–Trinajstić information content (AvgIpc) is 2.84. The number of hydrogen-bond acceptors (Lipinski definition) is 5. The monoisotopic (exact) mass is 470 g/mol. The van der Waals surface area contributed by atoms with Crippen molar-refractivity contribution < 1.29 is 14.3 Å². The van der Waals surface area contributed by atoms with Crippen LogP contribution in [-0.2, 0) is 9.53 Å². The lowest BCUT2D eigenvalue weighted by molar-refractivity contribution is -0.113. The van der Waals surface area contributed by atoms with Gasteiger partial charge in [0.15, 0.2) is 5.49 Å². The van der Waals surface area contributed by atoms with Crippen LogP contribution in [0.2, 0.25) is 0 Å². The molecule has 1 amide bonds. The van der Waals surface area contributed by atoms with E-state index in [0.29, 0.717) is 11.3 Å². The van der Waals surface area contributed by atoms with Gasteiger partial charge in [-0.1, -0.05) is 36.4 Å². The molecular weight excluding hydrogens is 444 g/mol. The van der Waals surface area contributed by atoms with E-state index in [1.165, 1.54) is 16.5 Å². The Balaban J connectivity index is 2.06. The van der Waals surface area contributed by atoms with E-state index in [0.717, 1.165) is 11.1 Å². The van der Waals surface area contributed by atoms with E-state index in [4.69, 9.17) is 9.72 Å². The van der Waals surface area contributed by atoms with Gasteiger partial charge in [-0.05, 0) is 57.0 Å². The number of benzene rings is 1. The summed E-state index contributed by atoms with van der Waals surface area (Å²) in [6.45, 7) is 7.43. The lowest BCUT2D eigenvalue weighted by Crippen LogP contribution is -2.33. The molecule has 0 bridgehead atoms. The number of pyridine rings is 2. The van der Waals surface area contributed by atoms with Crippen LogP contribution in [0.25, 0.3) is 22.8 Å². The summed E-state index contributed by atoms with van der Waals surface area (Å²) in [6, 6.07) is 14.1. The van der Waals surface area contributed by atoms with E-state index in [1.807, 2.05) is 57.2 Å². The molecule has 4 aromatic rings. The maximum atomic E-state index is 13.4. The van der Waals surface area contributed by atoms with Crippen LogP contribution < -0.4 is 11.0 Å². The fourth-order valence-corrected chi connectivity index (χ4v) is 3.88. The molecule has 3 aromatic heterocycles. The number of carbonyl (C=O) groups is 2. The SMILES string of the molecule is CCOC(=O)c1cc2c(=O)n3cccc(C)c3nc2n(C(C)C)c1=NC(=O)/C=C/c1ccccc1. The maximum absolute atomic E-state index is 13.4. The minimum atomic E-state index is -0.670. The van der Waals surface area contributed by atoms with Crippen LogP contribution in [-0.4, -0.2) is 32.4 Å². The Morgan fingerprint density at radius 1 is 1.11 bits per heavy atom. The molecule has 178 valence electrons. The van der Waals surface area contributed by atoms with Gasteiger partial charge >= 0.3 is 5.97 Å². The highest BCUT2D eigenvalue weighted by Gasteiger charge is 2.21. The molecule has 0 atom stereocenters. The summed E-state index contributed by atoms with van der Waals surface area (Å²) in [6.07, 6.45) is 4.63. The predicted octanol–water partition coefficient (Wildman–Crippen LogP) is 3.86. The molecule has 8 heteroatoms. The number of amides is 1. The number of esters is 1. The summed E-state index contributed by atoms with van der Waals surface area (Å²) in [5, 5.41) is 0.232. The van der Waals surface area contributed by atoms with Crippen LogP contribution in [0.1, 0.15) is 48.3 Å². The molecule has 35 heavy (non-hydrogen) atoms. The highest BCUT2D eigenvalue weighted by Crippen LogP contribution is 2.16. The van der Waals surface area contributed by atoms with Crippen LogP contribution in [0.4, 0.5) is 0 Å². The van der Waals surface area contributed by atoms with Crippen molar-refractivity contribution in [3.05, 3.63) is 93.3 Å². The Morgan fingerprint density at radius 2 is 1.86 bits per heavy atom. The smallest absolute Gasteiger partial charge is 0.341 e. The molecule has 0 saturated heterocycles. The fraction of sp³-hybridized carbons (Fsp3) is 0.222. The molecule has 0 aliphatic heterocycles. The Kier molecular flexibility index (Phi) is 6.73. The standard InChI is InChI=1S/C27H26N4O4/c1-5-35-27(34)21-16-20-24(29-23-18(4)10-9-15-30(23)26(20)33)31(17(2)3)25(21)28-22(32)14-13-19-11-7-6-8-12-19/h6-17H,5H2,1-4H3/b14-13+,28-25?. The summed E-state index contributed by atoms with van der Waals surface area (Å²) in [5.41, 5.74) is 2.29. The van der Waals surface area contributed by atoms with Gasteiger partial charge in [0.25, 0.3) is 11.5 Å². The molecule has 0 aliphatic rings. The van der Waals surface area contributed by atoms with Gasteiger partial charge in [0.1, 0.15) is 16.9 Å². The van der Waals surface area contributed by atoms with Crippen molar-refractivity contribution in [2.24, 2.45) is 4.99 Å². The van der Waals surface area contributed by atoms with E-state index in [2.05, 4.69) is 4.99 Å². The molecule has 0 spiro atoms. The number of ether oxygens (including phenoxy) is 1. The van der Waals surface area contributed by atoms with Gasteiger partial charge in [-0.25, -0.2) is 9.78 Å². The van der Waals surface area contributed by atoms with Gasteiger partial charge in [0.05, 0.1) is 12.0 Å². The molecule has 0 aliphatic carbocycles. The molecule has 0 saturated carbocycles. The number of fused-ring (bicyclic) bond motifs is 2. The molecule has 1 aromatic carbocycles. The first-order valence-electron chi connectivity index (χ1n) is 11.4. The molecule has 8 nitrogen and oxygen atoms in total. The molecule has 3 heterocycles. The van der Waals surface area contributed by atoms with Gasteiger partial charge in [0.2, 0.25) is 0 Å². The topological polar surface area (TPSA) is 95.0 Å². The van der Waals surface area contributed by atoms with Gasteiger partial charge in [-0.2, -0.15) is 4.99 Å². The maximum Gasteiger partial charge on any atom is 0.341 e. The number of carbonyl (C=O) groups excluding carboxylic acids is 2. The zero-order chi connectivity index (χ0) is 25.1. The summed E-state index contributed by atoms with van der Waals surface area (Å²) in [5.74, 6) is -1.22. The van der Waals surface area contributed by atoms with Crippen LogP contribution in [0.5, 0.6) is 0 Å². The van der Waals surface area contributed by atoms with Crippen LogP contribution in [0.15, 0.2) is 70.6 Å². The van der Waals surface area contributed by atoms with Crippen molar-refractivity contribution in [2.45, 2.75) is 33.7 Å². The number of nitrogens with zero attached hydrogens (tertiary/aromatic N) is 4. The van der Waals surface area contributed by atoms with Crippen molar-refractivity contribution in [3.63, 3.8) is 0 Å². The molecule has 4 rings (SSSR count). The first-order valence-corrected chi connectivity index (χ1v) is 11.4. The van der Waals surface area contributed by atoms with Crippen molar-refractivity contribution in [1.29, 1.82) is 0 Å². The second kappa shape index (κ2) is 9.89. The third kappa shape index (κ3) is 4.68. The number of rotatable bonds is 5. The van der Waals surface area contributed by atoms with Crippen molar-refractivity contribution in [3.8, 4) is 0 Å². The van der Waals surface area contributed by atoms with Crippen molar-refractivity contribution >= 4 is 34.6 Å². The second-order valence-corrected chi connectivity index (χ2v) is 8.30. The van der Waals surface area contributed by atoms with Crippen molar-refractivity contribution in [2.75, 3.05) is 6.61 Å². The molecule has 0 N–H and O–H groups in total. The molecular formula is C27H26N4O4. The third-order valence-corrected chi connectivity index (χ3v) is 5.50. The number of hydrogen-bond donors (Lipinski definition) is 0. The van der Waals surface area contributed by atoms with Gasteiger partial charge in [-0.3, -0.25) is 14.0 Å². The fourth-order valence-electron chi connectivity index (χ4n) is 3.88. The molecule has 0 unspecified atom stereocenters. The minimum absolute atomic E-state index is 0.0287. The van der Waals surface area contributed by atoms with E-state index in [9.17, 15) is 14.4 Å². The zero-order valence-corrected chi connectivity index (χ0v) is 20.1. The van der Waals surface area contributed by atoms with Gasteiger partial charge < -0.3 is 9.30 Å². The summed E-state index contributed by atoms with van der Waals surface area (Å²) in [7, 11) is 0. The Bertz CT molecular complexity index is 1600. The first kappa shape index (κ1) is 23.8. The number of aryl methyl sites for hydroxylation is 1. The highest BCUT2D eigenvalue weighted by molar-refractivity contribution is 5.96. The van der Waals surface area contributed by atoms with Gasteiger partial charge in [-0.15, -0.1) is 0 Å². The highest BCUT2D eigenvalue weighted by atomic mass is 16.5. The largest absolute Gasteiger partial charge is 0.462 e. The molecule has 0 radical (unpaired) electrons. The number of aromatic nitrogens is 3. The summed E-state index contributed by atoms with van der Waals surface area (Å²) >= 11 is 0. The van der Waals surface area contributed by atoms with Crippen LogP contribution in [0, 0.1) is 6.92 Å². The minimum Gasteiger partial charge on any atom is -0.462 e. The van der Waals surface area contributed by atoms with Crippen LogP contribution >= 0.6 is 0 Å². The quantitative estimate of drug-likeness (QED) is 0.251. The predicted molar refractivity (Wildman–Crippen MR) is 134 cm³/mol. The summed E-state index contributed by atoms with van der Waals surface area (Å²) < 4.78 is 8.33. The normalized spacial score (nSPS) is 12.2. The van der Waals surface area contributed by atoms with Crippen LogP contribution in [0.3, 0.4) is 0 Å². The van der Waals surface area contributed by atoms with Gasteiger partial charge in [0, 0.05) is 18.3 Å². The second-order valence-electron chi connectivity index (χ2n) is 8.30. The third-order valence-electron chi connectivity index (χ3n) is 5.50. The van der Waals surface area contributed by atoms with E-state index in [-0.39, 0.29) is 34.6 Å². The Hall–Kier alpha value is -4.33. The van der Waals surface area contributed by atoms with Crippen molar-refractivity contribution in [1.82, 2.24) is 14.0 Å². The lowest BCUT2D eigenvalue weighted by Gasteiger charge is -2.18. The van der Waals surface area contributed by atoms with E-state index in [1.54, 1.807) is 29.8 Å². The van der Waals surface area contributed by atoms with E-state index >= 15 is 0 Å². The lowest BCUT2D eigenvalue weighted by atomic mass is 10.1. The summed E-state index contributed by atoms with van der Waals surface area (Å²) in [4.78, 5) is 48.2. The van der Waals surface area contributed by atoms with E-state index < -0.39 is 11.9 Å². The first-order chi connectivity index (χ1) is 16.8.